The van der Waals surface area contributed by atoms with Crippen molar-refractivity contribution in [3.8, 4) is 0 Å². The average molecular weight is 256 g/mol. The largest absolute Gasteiger partial charge is 0.383 e. The van der Waals surface area contributed by atoms with Crippen LogP contribution in [-0.2, 0) is 9.47 Å². The minimum atomic E-state index is 0.445. The maximum atomic E-state index is 5.92. The molecule has 1 saturated carbocycles. The molecule has 0 aromatic heterocycles. The van der Waals surface area contributed by atoms with Gasteiger partial charge in [0.1, 0.15) is 0 Å². The predicted molar refractivity (Wildman–Crippen MR) is 72.9 cm³/mol. The van der Waals surface area contributed by atoms with Gasteiger partial charge in [0.05, 0.1) is 19.3 Å². The van der Waals surface area contributed by atoms with E-state index in [1.54, 1.807) is 7.11 Å². The second kappa shape index (κ2) is 7.43. The first-order chi connectivity index (χ1) is 8.85. The van der Waals surface area contributed by atoms with E-state index in [0.717, 1.165) is 32.8 Å². The van der Waals surface area contributed by atoms with Crippen LogP contribution in [0.1, 0.15) is 32.6 Å². The van der Waals surface area contributed by atoms with E-state index < -0.39 is 0 Å². The van der Waals surface area contributed by atoms with Gasteiger partial charge in [0.2, 0.25) is 0 Å². The molecule has 1 aliphatic heterocycles. The summed E-state index contributed by atoms with van der Waals surface area (Å²) in [5.74, 6) is 0. The Kier molecular flexibility index (Phi) is 5.89. The van der Waals surface area contributed by atoms with E-state index in [4.69, 9.17) is 9.47 Å². The fourth-order valence-electron chi connectivity index (χ4n) is 3.35. The van der Waals surface area contributed by atoms with E-state index in [1.165, 1.54) is 25.7 Å². The summed E-state index contributed by atoms with van der Waals surface area (Å²) in [4.78, 5) is 2.62. The molecule has 18 heavy (non-hydrogen) atoms. The monoisotopic (exact) mass is 256 g/mol. The van der Waals surface area contributed by atoms with E-state index in [2.05, 4.69) is 17.1 Å². The third kappa shape index (κ3) is 3.67. The van der Waals surface area contributed by atoms with Gasteiger partial charge in [0.15, 0.2) is 0 Å². The molecule has 4 heteroatoms. The quantitative estimate of drug-likeness (QED) is 0.775. The lowest BCUT2D eigenvalue weighted by Gasteiger charge is -2.45. The lowest BCUT2D eigenvalue weighted by Crippen LogP contribution is -2.56. The number of likely N-dealkylation sites (N-methyl/N-ethyl adjacent to an activating group) is 1. The molecule has 0 spiro atoms. The number of methoxy groups -OCH3 is 1. The van der Waals surface area contributed by atoms with E-state index >= 15 is 0 Å². The number of nitrogens with zero attached hydrogens (tertiary/aromatic N) is 1. The van der Waals surface area contributed by atoms with Gasteiger partial charge in [-0.2, -0.15) is 0 Å². The van der Waals surface area contributed by atoms with Gasteiger partial charge < -0.3 is 14.8 Å². The second-order valence-corrected chi connectivity index (χ2v) is 5.47. The normalized spacial score (nSPS) is 31.0. The van der Waals surface area contributed by atoms with Gasteiger partial charge in [0, 0.05) is 32.3 Å². The molecule has 3 unspecified atom stereocenters. The van der Waals surface area contributed by atoms with Crippen LogP contribution in [-0.4, -0.2) is 63.0 Å². The van der Waals surface area contributed by atoms with E-state index in [1.807, 2.05) is 0 Å². The summed E-state index contributed by atoms with van der Waals surface area (Å²) >= 11 is 0. The van der Waals surface area contributed by atoms with E-state index in [9.17, 15) is 0 Å². The third-order valence-electron chi connectivity index (χ3n) is 4.16. The molecule has 0 amide bonds. The molecular weight excluding hydrogens is 228 g/mol. The molecule has 2 fully saturated rings. The first-order valence-corrected chi connectivity index (χ1v) is 7.43. The topological polar surface area (TPSA) is 33.7 Å². The van der Waals surface area contributed by atoms with Crippen molar-refractivity contribution in [2.45, 2.75) is 50.8 Å². The van der Waals surface area contributed by atoms with Crippen molar-refractivity contribution in [2.75, 3.05) is 40.0 Å². The number of hydrogen-bond donors (Lipinski definition) is 1. The zero-order chi connectivity index (χ0) is 12.8. The molecule has 3 atom stereocenters. The lowest BCUT2D eigenvalue weighted by molar-refractivity contribution is -0.0916. The van der Waals surface area contributed by atoms with Crippen LogP contribution in [0.25, 0.3) is 0 Å². The van der Waals surface area contributed by atoms with Crippen LogP contribution >= 0.6 is 0 Å². The molecule has 0 radical (unpaired) electrons. The number of hydrogen-bond acceptors (Lipinski definition) is 4. The van der Waals surface area contributed by atoms with Gasteiger partial charge >= 0.3 is 0 Å². The molecule has 2 rings (SSSR count). The Morgan fingerprint density at radius 3 is 3.00 bits per heavy atom. The van der Waals surface area contributed by atoms with Crippen molar-refractivity contribution in [1.29, 1.82) is 0 Å². The van der Waals surface area contributed by atoms with Gasteiger partial charge in [-0.25, -0.2) is 0 Å². The highest BCUT2D eigenvalue weighted by Gasteiger charge is 2.34. The summed E-state index contributed by atoms with van der Waals surface area (Å²) in [5, 5.41) is 3.52. The standard InChI is InChI=1S/C14H28N2O2/c1-3-15-12(11-17-2)10-16-8-9-18-14-7-5-4-6-13(14)16/h12-15H,3-11H2,1-2H3. The van der Waals surface area contributed by atoms with Gasteiger partial charge in [-0.1, -0.05) is 19.8 Å². The number of rotatable bonds is 6. The second-order valence-electron chi connectivity index (χ2n) is 5.47. The smallest absolute Gasteiger partial charge is 0.0730 e. The molecule has 0 bridgehead atoms. The molecule has 1 N–H and O–H groups in total. The number of nitrogens with one attached hydrogen (secondary N) is 1. The fraction of sp³-hybridized carbons (Fsp3) is 1.00. The van der Waals surface area contributed by atoms with Gasteiger partial charge in [-0.05, 0) is 19.4 Å². The molecule has 1 aliphatic carbocycles. The fourth-order valence-corrected chi connectivity index (χ4v) is 3.35. The summed E-state index contributed by atoms with van der Waals surface area (Å²) in [7, 11) is 1.78. The van der Waals surface area contributed by atoms with E-state index in [-0.39, 0.29) is 0 Å². The molecule has 106 valence electrons. The van der Waals surface area contributed by atoms with Crippen molar-refractivity contribution in [1.82, 2.24) is 10.2 Å². The zero-order valence-corrected chi connectivity index (χ0v) is 11.9. The Morgan fingerprint density at radius 2 is 2.22 bits per heavy atom. The van der Waals surface area contributed by atoms with Gasteiger partial charge in [-0.3, -0.25) is 4.90 Å². The van der Waals surface area contributed by atoms with Crippen LogP contribution < -0.4 is 5.32 Å². The highest BCUT2D eigenvalue weighted by molar-refractivity contribution is 4.89. The minimum Gasteiger partial charge on any atom is -0.383 e. The summed E-state index contributed by atoms with van der Waals surface area (Å²) in [6.45, 7) is 7.02. The molecule has 1 saturated heterocycles. The van der Waals surface area contributed by atoms with Gasteiger partial charge in [0.25, 0.3) is 0 Å². The molecular formula is C14H28N2O2. The summed E-state index contributed by atoms with van der Waals surface area (Å²) in [6, 6.07) is 1.09. The lowest BCUT2D eigenvalue weighted by atomic mass is 9.90. The number of morpholine rings is 1. The highest BCUT2D eigenvalue weighted by atomic mass is 16.5. The maximum Gasteiger partial charge on any atom is 0.0730 e. The Bertz CT molecular complexity index is 230. The number of fused-ring (bicyclic) bond motifs is 1. The van der Waals surface area contributed by atoms with Crippen molar-refractivity contribution in [3.63, 3.8) is 0 Å². The van der Waals surface area contributed by atoms with Crippen molar-refractivity contribution in [2.24, 2.45) is 0 Å². The third-order valence-corrected chi connectivity index (χ3v) is 4.16. The summed E-state index contributed by atoms with van der Waals surface area (Å²) in [5.41, 5.74) is 0. The van der Waals surface area contributed by atoms with Crippen molar-refractivity contribution < 1.29 is 9.47 Å². The van der Waals surface area contributed by atoms with Crippen LogP contribution in [0.15, 0.2) is 0 Å². The zero-order valence-electron chi connectivity index (χ0n) is 11.9. The van der Waals surface area contributed by atoms with Crippen molar-refractivity contribution in [3.05, 3.63) is 0 Å². The van der Waals surface area contributed by atoms with Crippen molar-refractivity contribution >= 4 is 0 Å². The maximum absolute atomic E-state index is 5.92. The Balaban J connectivity index is 1.88. The predicted octanol–water partition coefficient (Wildman–Crippen LogP) is 1.25. The average Bonchev–Trinajstić information content (AvgIpc) is 2.40. The van der Waals surface area contributed by atoms with Crippen LogP contribution in [0.5, 0.6) is 0 Å². The highest BCUT2D eigenvalue weighted by Crippen LogP contribution is 2.28. The van der Waals surface area contributed by atoms with Crippen LogP contribution in [0.3, 0.4) is 0 Å². The SMILES string of the molecule is CCNC(COC)CN1CCOC2CCCCC21. The molecule has 0 aromatic rings. The first kappa shape index (κ1) is 14.3. The Hall–Kier alpha value is -0.160. The van der Waals surface area contributed by atoms with Crippen LogP contribution in [0.4, 0.5) is 0 Å². The molecule has 4 nitrogen and oxygen atoms in total. The molecule has 2 aliphatic rings. The van der Waals surface area contributed by atoms with Crippen LogP contribution in [0.2, 0.25) is 0 Å². The first-order valence-electron chi connectivity index (χ1n) is 7.43. The Morgan fingerprint density at radius 1 is 1.39 bits per heavy atom. The number of ether oxygens (including phenoxy) is 2. The Labute approximate surface area is 111 Å². The summed E-state index contributed by atoms with van der Waals surface area (Å²) in [6.07, 6.45) is 5.73. The summed E-state index contributed by atoms with van der Waals surface area (Å²) < 4.78 is 11.2. The van der Waals surface area contributed by atoms with Crippen LogP contribution in [0, 0.1) is 0 Å². The van der Waals surface area contributed by atoms with E-state index in [0.29, 0.717) is 18.2 Å². The minimum absolute atomic E-state index is 0.445. The molecule has 1 heterocycles. The molecule has 0 aromatic carbocycles. The van der Waals surface area contributed by atoms with Gasteiger partial charge in [-0.15, -0.1) is 0 Å².